The van der Waals surface area contributed by atoms with Crippen LogP contribution >= 0.6 is 24.0 Å². The van der Waals surface area contributed by atoms with Gasteiger partial charge >= 0.3 is 0 Å². The number of nitrogens with one attached hydrogen (secondary N) is 1. The smallest absolute Gasteiger partial charge is 0.267 e. The number of benzene rings is 1. The second kappa shape index (κ2) is 12.1. The zero-order valence-electron chi connectivity index (χ0n) is 21.1. The van der Waals surface area contributed by atoms with Crippen LogP contribution in [0.15, 0.2) is 58.4 Å². The molecular weight excluding hydrogens is 522 g/mol. The largest absolute Gasteiger partial charge is 0.497 e. The molecule has 0 spiro atoms. The minimum atomic E-state index is -0.244. The maximum Gasteiger partial charge on any atom is 0.267 e. The number of morpholine rings is 1. The molecule has 1 aromatic carbocycles. The monoisotopic (exact) mass is 551 g/mol. The summed E-state index contributed by atoms with van der Waals surface area (Å²) in [6.45, 7) is 5.30. The van der Waals surface area contributed by atoms with Gasteiger partial charge in [0.05, 0.1) is 37.3 Å². The summed E-state index contributed by atoms with van der Waals surface area (Å²) >= 11 is 6.72. The Balaban J connectivity index is 1.37. The van der Waals surface area contributed by atoms with Gasteiger partial charge in [-0.2, -0.15) is 0 Å². The highest BCUT2D eigenvalue weighted by Gasteiger charge is 2.32. The van der Waals surface area contributed by atoms with Crippen molar-refractivity contribution in [3.05, 3.63) is 75.0 Å². The summed E-state index contributed by atoms with van der Waals surface area (Å²) in [5.74, 6) is 0.975. The molecule has 1 amide bonds. The molecular formula is C27H29N5O4S2. The summed E-state index contributed by atoms with van der Waals surface area (Å²) in [5.41, 5.74) is 1.56. The summed E-state index contributed by atoms with van der Waals surface area (Å²) in [6.07, 6.45) is 4.19. The van der Waals surface area contributed by atoms with Crippen molar-refractivity contribution in [2.75, 3.05) is 51.8 Å². The molecule has 198 valence electrons. The van der Waals surface area contributed by atoms with E-state index in [2.05, 4.69) is 10.2 Å². The molecule has 38 heavy (non-hydrogen) atoms. The summed E-state index contributed by atoms with van der Waals surface area (Å²) in [6, 6.07) is 12.9. The summed E-state index contributed by atoms with van der Waals surface area (Å²) < 4.78 is 12.6. The Labute approximate surface area is 230 Å². The van der Waals surface area contributed by atoms with Gasteiger partial charge in [0, 0.05) is 25.8 Å². The fourth-order valence-corrected chi connectivity index (χ4v) is 5.62. The highest BCUT2D eigenvalue weighted by atomic mass is 32.2. The van der Waals surface area contributed by atoms with E-state index in [4.69, 9.17) is 26.7 Å². The van der Waals surface area contributed by atoms with Gasteiger partial charge in [-0.15, -0.1) is 0 Å². The summed E-state index contributed by atoms with van der Waals surface area (Å²) in [5, 5.41) is 3.34. The van der Waals surface area contributed by atoms with E-state index in [1.54, 1.807) is 36.4 Å². The number of anilines is 1. The Bertz CT molecular complexity index is 1420. The van der Waals surface area contributed by atoms with E-state index in [9.17, 15) is 9.59 Å². The van der Waals surface area contributed by atoms with Crippen LogP contribution in [0.2, 0.25) is 0 Å². The Kier molecular flexibility index (Phi) is 8.38. The molecule has 11 heteroatoms. The number of fused-ring (bicyclic) bond motifs is 1. The van der Waals surface area contributed by atoms with Crippen LogP contribution in [0.1, 0.15) is 17.5 Å². The van der Waals surface area contributed by atoms with E-state index in [1.807, 2.05) is 30.3 Å². The van der Waals surface area contributed by atoms with Crippen LogP contribution in [0.25, 0.3) is 11.7 Å². The van der Waals surface area contributed by atoms with Crippen molar-refractivity contribution in [2.24, 2.45) is 0 Å². The van der Waals surface area contributed by atoms with E-state index in [1.165, 1.54) is 16.2 Å². The van der Waals surface area contributed by atoms with Crippen molar-refractivity contribution in [2.45, 2.75) is 13.0 Å². The zero-order valence-corrected chi connectivity index (χ0v) is 22.7. The molecule has 0 aliphatic carbocycles. The van der Waals surface area contributed by atoms with Crippen molar-refractivity contribution in [3.63, 3.8) is 0 Å². The van der Waals surface area contributed by atoms with E-state index in [0.29, 0.717) is 39.3 Å². The van der Waals surface area contributed by atoms with Crippen LogP contribution < -0.4 is 15.6 Å². The van der Waals surface area contributed by atoms with E-state index in [0.717, 1.165) is 50.6 Å². The number of carbonyl (C=O) groups is 1. The Morgan fingerprint density at radius 3 is 2.71 bits per heavy atom. The van der Waals surface area contributed by atoms with Gasteiger partial charge in [-0.25, -0.2) is 4.98 Å². The minimum absolute atomic E-state index is 0.230. The number of methoxy groups -OCH3 is 1. The van der Waals surface area contributed by atoms with Crippen LogP contribution in [0, 0.1) is 0 Å². The van der Waals surface area contributed by atoms with Gasteiger partial charge in [0.1, 0.15) is 21.5 Å². The summed E-state index contributed by atoms with van der Waals surface area (Å²) in [4.78, 5) is 35.8. The van der Waals surface area contributed by atoms with Crippen molar-refractivity contribution in [1.29, 1.82) is 0 Å². The molecule has 3 aromatic rings. The maximum absolute atomic E-state index is 13.5. The molecule has 0 radical (unpaired) electrons. The third kappa shape index (κ3) is 5.91. The number of pyridine rings is 1. The fourth-order valence-electron chi connectivity index (χ4n) is 4.38. The molecule has 2 aliphatic rings. The number of hydrogen-bond acceptors (Lipinski definition) is 9. The van der Waals surface area contributed by atoms with E-state index >= 15 is 0 Å². The van der Waals surface area contributed by atoms with Gasteiger partial charge in [0.15, 0.2) is 0 Å². The standard InChI is InChI=1S/C27H29N5O4S2/c1-35-20-8-6-19(7-9-20)18-32-26(34)22(38-27(32)37)17-21-24(28-10-4-11-30-13-15-36-16-14-30)29-23-5-2-3-12-31(23)25(21)33/h2-3,5-9,12,17,28H,4,10-11,13-16,18H2,1H3/b22-17+. The number of nitrogens with zero attached hydrogens (tertiary/aromatic N) is 4. The van der Waals surface area contributed by atoms with Crippen molar-refractivity contribution < 1.29 is 14.3 Å². The first-order valence-electron chi connectivity index (χ1n) is 12.5. The topological polar surface area (TPSA) is 88.4 Å². The fraction of sp³-hybridized carbons (Fsp3) is 0.333. The molecule has 5 rings (SSSR count). The molecule has 0 unspecified atom stereocenters. The number of carbonyl (C=O) groups excluding carboxylic acids is 1. The predicted octanol–water partition coefficient (Wildman–Crippen LogP) is 3.24. The molecule has 0 saturated carbocycles. The predicted molar refractivity (Wildman–Crippen MR) is 154 cm³/mol. The summed E-state index contributed by atoms with van der Waals surface area (Å²) in [7, 11) is 1.61. The van der Waals surface area contributed by atoms with Crippen LogP contribution in [0.3, 0.4) is 0 Å². The van der Waals surface area contributed by atoms with Gasteiger partial charge < -0.3 is 14.8 Å². The molecule has 4 heterocycles. The number of rotatable bonds is 9. The van der Waals surface area contributed by atoms with Crippen LogP contribution in [-0.2, 0) is 16.1 Å². The van der Waals surface area contributed by atoms with Gasteiger partial charge in [-0.05, 0) is 48.9 Å². The first-order valence-corrected chi connectivity index (χ1v) is 13.7. The van der Waals surface area contributed by atoms with Crippen molar-refractivity contribution in [3.8, 4) is 5.75 Å². The lowest BCUT2D eigenvalue weighted by Crippen LogP contribution is -2.37. The first kappa shape index (κ1) is 26.4. The molecule has 9 nitrogen and oxygen atoms in total. The number of amides is 1. The third-order valence-electron chi connectivity index (χ3n) is 6.47. The SMILES string of the molecule is COc1ccc(CN2C(=O)/C(=C\c3c(NCCCN4CCOCC4)nc4ccccn4c3=O)SC2=S)cc1. The third-order valence-corrected chi connectivity index (χ3v) is 7.84. The molecule has 2 saturated heterocycles. The Hall–Kier alpha value is -3.25. The lowest BCUT2D eigenvalue weighted by molar-refractivity contribution is -0.122. The molecule has 1 N–H and O–H groups in total. The highest BCUT2D eigenvalue weighted by molar-refractivity contribution is 8.26. The Morgan fingerprint density at radius 1 is 1.16 bits per heavy atom. The molecule has 0 bridgehead atoms. The van der Waals surface area contributed by atoms with E-state index in [-0.39, 0.29) is 11.5 Å². The number of hydrogen-bond donors (Lipinski definition) is 1. The van der Waals surface area contributed by atoms with Crippen molar-refractivity contribution >= 4 is 51.7 Å². The van der Waals surface area contributed by atoms with Gasteiger partial charge in [-0.3, -0.25) is 23.8 Å². The number of ether oxygens (including phenoxy) is 2. The zero-order chi connectivity index (χ0) is 26.5. The second-order valence-electron chi connectivity index (χ2n) is 8.96. The molecule has 0 atom stereocenters. The van der Waals surface area contributed by atoms with E-state index < -0.39 is 0 Å². The average molecular weight is 552 g/mol. The number of thiocarbonyl (C=S) groups is 1. The van der Waals surface area contributed by atoms with Crippen LogP contribution in [0.5, 0.6) is 5.75 Å². The molecule has 2 fully saturated rings. The Morgan fingerprint density at radius 2 is 1.95 bits per heavy atom. The lowest BCUT2D eigenvalue weighted by Gasteiger charge is -2.26. The average Bonchev–Trinajstić information content (AvgIpc) is 3.21. The normalized spacial score (nSPS) is 17.5. The molecule has 2 aromatic heterocycles. The van der Waals surface area contributed by atoms with Gasteiger partial charge in [0.2, 0.25) is 0 Å². The first-order chi connectivity index (χ1) is 18.5. The van der Waals surface area contributed by atoms with Crippen LogP contribution in [0.4, 0.5) is 5.82 Å². The second-order valence-corrected chi connectivity index (χ2v) is 10.6. The number of aromatic nitrogens is 2. The quantitative estimate of drug-likeness (QED) is 0.245. The van der Waals surface area contributed by atoms with Gasteiger partial charge in [0.25, 0.3) is 11.5 Å². The van der Waals surface area contributed by atoms with Crippen molar-refractivity contribution in [1.82, 2.24) is 19.2 Å². The highest BCUT2D eigenvalue weighted by Crippen LogP contribution is 2.34. The molecule has 2 aliphatic heterocycles. The maximum atomic E-state index is 13.5. The van der Waals surface area contributed by atoms with Crippen LogP contribution in [-0.4, -0.2) is 75.9 Å². The number of thioether (sulfide) groups is 1. The lowest BCUT2D eigenvalue weighted by atomic mass is 10.2. The minimum Gasteiger partial charge on any atom is -0.497 e. The van der Waals surface area contributed by atoms with Gasteiger partial charge in [-0.1, -0.05) is 42.2 Å².